The zero-order valence-electron chi connectivity index (χ0n) is 13.0. The molecule has 0 aromatic heterocycles. The molecule has 2 heteroatoms. The molecule has 0 saturated carbocycles. The first-order valence-electron chi connectivity index (χ1n) is 7.74. The molecule has 112 valence electrons. The summed E-state index contributed by atoms with van der Waals surface area (Å²) < 4.78 is 5.33. The van der Waals surface area contributed by atoms with Gasteiger partial charge < -0.3 is 10.1 Å². The van der Waals surface area contributed by atoms with E-state index in [0.717, 1.165) is 25.1 Å². The van der Waals surface area contributed by atoms with Crippen molar-refractivity contribution in [3.63, 3.8) is 0 Å². The third kappa shape index (κ3) is 4.91. The molecule has 1 N–H and O–H groups in total. The van der Waals surface area contributed by atoms with E-state index in [9.17, 15) is 0 Å². The Morgan fingerprint density at radius 3 is 2.57 bits per heavy atom. The highest BCUT2D eigenvalue weighted by Gasteiger charge is 2.10. The second-order valence-electron chi connectivity index (χ2n) is 5.26. The minimum Gasteiger partial charge on any atom is -0.497 e. The Kier molecular flexibility index (Phi) is 6.29. The van der Waals surface area contributed by atoms with Gasteiger partial charge in [0.25, 0.3) is 0 Å². The number of nitrogens with one attached hydrogen (secondary N) is 1. The molecule has 0 heterocycles. The van der Waals surface area contributed by atoms with E-state index in [1.54, 1.807) is 7.11 Å². The summed E-state index contributed by atoms with van der Waals surface area (Å²) in [5, 5.41) is 3.58. The van der Waals surface area contributed by atoms with Crippen LogP contribution in [0.25, 0.3) is 0 Å². The maximum Gasteiger partial charge on any atom is 0.119 e. The molecule has 0 aliphatic heterocycles. The summed E-state index contributed by atoms with van der Waals surface area (Å²) in [4.78, 5) is 0. The van der Waals surface area contributed by atoms with E-state index >= 15 is 0 Å². The molecule has 21 heavy (non-hydrogen) atoms. The molecule has 0 aliphatic rings. The predicted octanol–water partition coefficient (Wildman–Crippen LogP) is 4.37. The third-order valence-electron chi connectivity index (χ3n) is 3.75. The summed E-state index contributed by atoms with van der Waals surface area (Å²) in [6, 6.07) is 19.5. The van der Waals surface area contributed by atoms with E-state index in [0.29, 0.717) is 6.04 Å². The van der Waals surface area contributed by atoms with Gasteiger partial charge in [0.2, 0.25) is 0 Å². The molecule has 0 fully saturated rings. The predicted molar refractivity (Wildman–Crippen MR) is 88.8 cm³/mol. The summed E-state index contributed by atoms with van der Waals surface area (Å²) in [7, 11) is 1.72. The van der Waals surface area contributed by atoms with E-state index in [1.165, 1.54) is 17.5 Å². The molecular weight excluding hydrogens is 258 g/mol. The van der Waals surface area contributed by atoms with Crippen molar-refractivity contribution >= 4 is 0 Å². The molecule has 0 saturated heterocycles. The van der Waals surface area contributed by atoms with Crippen LogP contribution in [0.1, 0.15) is 36.9 Å². The average molecular weight is 283 g/mol. The van der Waals surface area contributed by atoms with Gasteiger partial charge in [0.1, 0.15) is 5.75 Å². The Bertz CT molecular complexity index is 524. The van der Waals surface area contributed by atoms with Crippen molar-refractivity contribution in [2.24, 2.45) is 0 Å². The maximum atomic E-state index is 5.33. The van der Waals surface area contributed by atoms with Gasteiger partial charge in [-0.2, -0.15) is 0 Å². The molecular formula is C19H25NO. The number of hydrogen-bond donors (Lipinski definition) is 1. The summed E-state index contributed by atoms with van der Waals surface area (Å²) in [6.07, 6.45) is 3.45. The molecule has 0 aliphatic carbocycles. The highest BCUT2D eigenvalue weighted by Crippen LogP contribution is 2.23. The number of methoxy groups -OCH3 is 1. The van der Waals surface area contributed by atoms with Gasteiger partial charge in [-0.1, -0.05) is 49.4 Å². The Morgan fingerprint density at radius 2 is 1.86 bits per heavy atom. The van der Waals surface area contributed by atoms with Gasteiger partial charge in [-0.15, -0.1) is 0 Å². The van der Waals surface area contributed by atoms with Crippen LogP contribution in [0, 0.1) is 0 Å². The van der Waals surface area contributed by atoms with E-state index in [4.69, 9.17) is 4.74 Å². The SMILES string of the molecule is CCNC(CCCc1ccccc1)c1cccc(OC)c1. The second kappa shape index (κ2) is 8.48. The molecule has 2 rings (SSSR count). The normalized spacial score (nSPS) is 12.1. The van der Waals surface area contributed by atoms with Gasteiger partial charge in [-0.3, -0.25) is 0 Å². The zero-order chi connectivity index (χ0) is 14.9. The number of aryl methyl sites for hydroxylation is 1. The molecule has 0 spiro atoms. The summed E-state index contributed by atoms with van der Waals surface area (Å²) in [6.45, 7) is 3.14. The highest BCUT2D eigenvalue weighted by atomic mass is 16.5. The standard InChI is InChI=1S/C19H25NO/c1-3-20-19(17-12-8-13-18(15-17)21-2)14-7-11-16-9-5-4-6-10-16/h4-6,8-10,12-13,15,19-20H,3,7,11,14H2,1-2H3. The minimum absolute atomic E-state index is 0.397. The first kappa shape index (κ1) is 15.6. The van der Waals surface area contributed by atoms with Crippen molar-refractivity contribution in [1.82, 2.24) is 5.32 Å². The lowest BCUT2D eigenvalue weighted by atomic mass is 9.99. The number of rotatable bonds is 8. The quantitative estimate of drug-likeness (QED) is 0.777. The minimum atomic E-state index is 0.397. The molecule has 2 aromatic rings. The van der Waals surface area contributed by atoms with Crippen molar-refractivity contribution in [2.45, 2.75) is 32.2 Å². The Morgan fingerprint density at radius 1 is 1.05 bits per heavy atom. The molecule has 1 atom stereocenters. The second-order valence-corrected chi connectivity index (χ2v) is 5.26. The first-order valence-corrected chi connectivity index (χ1v) is 7.74. The lowest BCUT2D eigenvalue weighted by Gasteiger charge is -2.19. The molecule has 2 aromatic carbocycles. The van der Waals surface area contributed by atoms with E-state index < -0.39 is 0 Å². The van der Waals surface area contributed by atoms with Gasteiger partial charge in [0.15, 0.2) is 0 Å². The van der Waals surface area contributed by atoms with Crippen molar-refractivity contribution in [3.8, 4) is 5.75 Å². The van der Waals surface area contributed by atoms with Crippen LogP contribution >= 0.6 is 0 Å². The molecule has 2 nitrogen and oxygen atoms in total. The van der Waals surface area contributed by atoms with E-state index in [-0.39, 0.29) is 0 Å². The van der Waals surface area contributed by atoms with E-state index in [1.807, 2.05) is 6.07 Å². The van der Waals surface area contributed by atoms with Crippen molar-refractivity contribution < 1.29 is 4.74 Å². The summed E-state index contributed by atoms with van der Waals surface area (Å²) in [5.41, 5.74) is 2.72. The lowest BCUT2D eigenvalue weighted by Crippen LogP contribution is -2.21. The van der Waals surface area contributed by atoms with Gasteiger partial charge in [-0.05, 0) is 49.1 Å². The van der Waals surface area contributed by atoms with Crippen LogP contribution in [0.5, 0.6) is 5.75 Å². The fourth-order valence-electron chi connectivity index (χ4n) is 2.65. The molecule has 0 bridgehead atoms. The van der Waals surface area contributed by atoms with Crippen LogP contribution in [-0.2, 0) is 6.42 Å². The summed E-state index contributed by atoms with van der Waals surface area (Å²) >= 11 is 0. The number of benzene rings is 2. The number of ether oxygens (including phenoxy) is 1. The zero-order valence-corrected chi connectivity index (χ0v) is 13.0. The van der Waals surface area contributed by atoms with E-state index in [2.05, 4.69) is 60.8 Å². The highest BCUT2D eigenvalue weighted by molar-refractivity contribution is 5.30. The topological polar surface area (TPSA) is 21.3 Å². The smallest absolute Gasteiger partial charge is 0.119 e. The van der Waals surface area contributed by atoms with Gasteiger partial charge in [-0.25, -0.2) is 0 Å². The van der Waals surface area contributed by atoms with Gasteiger partial charge >= 0.3 is 0 Å². The lowest BCUT2D eigenvalue weighted by molar-refractivity contribution is 0.412. The fourth-order valence-corrected chi connectivity index (χ4v) is 2.65. The fraction of sp³-hybridized carbons (Fsp3) is 0.368. The molecule has 1 unspecified atom stereocenters. The van der Waals surface area contributed by atoms with Crippen LogP contribution in [-0.4, -0.2) is 13.7 Å². The van der Waals surface area contributed by atoms with Crippen molar-refractivity contribution in [3.05, 3.63) is 65.7 Å². The molecule has 0 amide bonds. The molecule has 0 radical (unpaired) electrons. The van der Waals surface area contributed by atoms with Crippen LogP contribution in [0.15, 0.2) is 54.6 Å². The van der Waals surface area contributed by atoms with Gasteiger partial charge in [0, 0.05) is 6.04 Å². The average Bonchev–Trinajstić information content (AvgIpc) is 2.55. The Hall–Kier alpha value is -1.80. The van der Waals surface area contributed by atoms with Crippen molar-refractivity contribution in [2.75, 3.05) is 13.7 Å². The number of hydrogen-bond acceptors (Lipinski definition) is 2. The third-order valence-corrected chi connectivity index (χ3v) is 3.75. The van der Waals surface area contributed by atoms with Crippen molar-refractivity contribution in [1.29, 1.82) is 0 Å². The first-order chi connectivity index (χ1) is 10.3. The van der Waals surface area contributed by atoms with Crippen LogP contribution < -0.4 is 10.1 Å². The Labute approximate surface area is 128 Å². The summed E-state index contributed by atoms with van der Waals surface area (Å²) in [5.74, 6) is 0.929. The largest absolute Gasteiger partial charge is 0.497 e. The maximum absolute atomic E-state index is 5.33. The van der Waals surface area contributed by atoms with Gasteiger partial charge in [0.05, 0.1) is 7.11 Å². The van der Waals surface area contributed by atoms with Crippen LogP contribution in [0.2, 0.25) is 0 Å². The van der Waals surface area contributed by atoms with Crippen LogP contribution in [0.3, 0.4) is 0 Å². The monoisotopic (exact) mass is 283 g/mol. The Balaban J connectivity index is 1.95. The van der Waals surface area contributed by atoms with Crippen LogP contribution in [0.4, 0.5) is 0 Å².